The van der Waals surface area contributed by atoms with Crippen molar-refractivity contribution in [2.75, 3.05) is 0 Å². The molecule has 0 aromatic heterocycles. The molecule has 0 aliphatic rings. The van der Waals surface area contributed by atoms with Gasteiger partial charge in [-0.05, 0) is 30.7 Å². The third-order valence-electron chi connectivity index (χ3n) is 2.69. The Balaban J connectivity index is 2.49. The maximum Gasteiger partial charge on any atom is 0.196 e. The van der Waals surface area contributed by atoms with Crippen LogP contribution in [-0.4, -0.2) is 5.78 Å². The molecule has 0 radical (unpaired) electrons. The summed E-state index contributed by atoms with van der Waals surface area (Å²) in [6, 6.07) is 5.16. The van der Waals surface area contributed by atoms with Gasteiger partial charge in [-0.1, -0.05) is 23.7 Å². The maximum absolute atomic E-state index is 13.6. The molecule has 0 heterocycles. The molecule has 19 heavy (non-hydrogen) atoms. The van der Waals surface area contributed by atoms with Gasteiger partial charge < -0.3 is 0 Å². The van der Waals surface area contributed by atoms with E-state index >= 15 is 0 Å². The van der Waals surface area contributed by atoms with E-state index in [0.717, 1.165) is 6.07 Å². The van der Waals surface area contributed by atoms with Crippen molar-refractivity contribution in [1.29, 1.82) is 0 Å². The molecule has 0 N–H and O–H groups in total. The highest BCUT2D eigenvalue weighted by Gasteiger charge is 2.17. The number of hydrogen-bond donors (Lipinski definition) is 0. The van der Waals surface area contributed by atoms with Crippen LogP contribution in [-0.2, 0) is 0 Å². The molecule has 0 saturated heterocycles. The Labute approximate surface area is 112 Å². The molecule has 5 heteroatoms. The summed E-state index contributed by atoms with van der Waals surface area (Å²) in [6.07, 6.45) is 0. The van der Waals surface area contributed by atoms with Crippen molar-refractivity contribution in [2.24, 2.45) is 0 Å². The Morgan fingerprint density at radius 1 is 1.00 bits per heavy atom. The van der Waals surface area contributed by atoms with Crippen molar-refractivity contribution in [3.8, 4) is 0 Å². The highest BCUT2D eigenvalue weighted by Crippen LogP contribution is 2.22. The fourth-order valence-corrected chi connectivity index (χ4v) is 1.74. The number of carbonyl (C=O) groups is 1. The Morgan fingerprint density at radius 3 is 2.32 bits per heavy atom. The molecule has 98 valence electrons. The van der Waals surface area contributed by atoms with Crippen molar-refractivity contribution < 1.29 is 18.0 Å². The molecule has 0 bridgehead atoms. The lowest BCUT2D eigenvalue weighted by atomic mass is 10.0. The zero-order valence-electron chi connectivity index (χ0n) is 9.81. The molecule has 0 fully saturated rings. The molecule has 1 nitrogen and oxygen atoms in total. The van der Waals surface area contributed by atoms with E-state index in [9.17, 15) is 18.0 Å². The van der Waals surface area contributed by atoms with Crippen molar-refractivity contribution in [2.45, 2.75) is 6.92 Å². The number of halogens is 4. The highest BCUT2D eigenvalue weighted by atomic mass is 35.5. The molecule has 0 aliphatic heterocycles. The normalized spacial score (nSPS) is 10.6. The number of hydrogen-bond acceptors (Lipinski definition) is 1. The molecule has 0 aliphatic carbocycles. The van der Waals surface area contributed by atoms with Gasteiger partial charge in [-0.15, -0.1) is 0 Å². The molecular weight excluding hydrogens is 277 g/mol. The van der Waals surface area contributed by atoms with Crippen LogP contribution in [0.15, 0.2) is 30.3 Å². The van der Waals surface area contributed by atoms with E-state index in [2.05, 4.69) is 0 Å². The van der Waals surface area contributed by atoms with Gasteiger partial charge in [-0.3, -0.25) is 4.79 Å². The molecule has 0 spiro atoms. The van der Waals surface area contributed by atoms with Crippen LogP contribution in [0.3, 0.4) is 0 Å². The van der Waals surface area contributed by atoms with Crippen LogP contribution < -0.4 is 0 Å². The van der Waals surface area contributed by atoms with Gasteiger partial charge in [0.25, 0.3) is 0 Å². The lowest BCUT2D eigenvalue weighted by molar-refractivity contribution is 0.103. The summed E-state index contributed by atoms with van der Waals surface area (Å²) in [5.41, 5.74) is -0.173. The summed E-state index contributed by atoms with van der Waals surface area (Å²) >= 11 is 5.40. The fraction of sp³-hybridized carbons (Fsp3) is 0.0714. The van der Waals surface area contributed by atoms with Crippen LogP contribution in [0.25, 0.3) is 0 Å². The second-order valence-electron chi connectivity index (χ2n) is 4.04. The SMILES string of the molecule is Cc1ccc(C(=O)c2cc(F)c(Cl)cc2F)cc1F. The van der Waals surface area contributed by atoms with Gasteiger partial charge in [0.2, 0.25) is 0 Å². The first kappa shape index (κ1) is 13.6. The van der Waals surface area contributed by atoms with Crippen molar-refractivity contribution in [3.63, 3.8) is 0 Å². The van der Waals surface area contributed by atoms with Crippen LogP contribution >= 0.6 is 11.6 Å². The molecule has 0 atom stereocenters. The number of aryl methyl sites for hydroxylation is 1. The Kier molecular flexibility index (Phi) is 3.62. The third kappa shape index (κ3) is 2.63. The average Bonchev–Trinajstić information content (AvgIpc) is 2.36. The summed E-state index contributed by atoms with van der Waals surface area (Å²) in [4.78, 5) is 12.0. The zero-order chi connectivity index (χ0) is 14.2. The predicted molar refractivity (Wildman–Crippen MR) is 65.9 cm³/mol. The van der Waals surface area contributed by atoms with Gasteiger partial charge >= 0.3 is 0 Å². The quantitative estimate of drug-likeness (QED) is 0.594. The van der Waals surface area contributed by atoms with Crippen LogP contribution in [0.1, 0.15) is 21.5 Å². The third-order valence-corrected chi connectivity index (χ3v) is 2.98. The monoisotopic (exact) mass is 284 g/mol. The average molecular weight is 285 g/mol. The first-order chi connectivity index (χ1) is 8.90. The van der Waals surface area contributed by atoms with Gasteiger partial charge in [0.1, 0.15) is 17.5 Å². The van der Waals surface area contributed by atoms with Crippen molar-refractivity contribution in [3.05, 3.63) is 69.5 Å². The van der Waals surface area contributed by atoms with E-state index in [0.29, 0.717) is 17.7 Å². The van der Waals surface area contributed by atoms with Crippen LogP contribution in [0.5, 0.6) is 0 Å². The van der Waals surface area contributed by atoms with E-state index in [4.69, 9.17) is 11.6 Å². The minimum absolute atomic E-state index is 0.0521. The lowest BCUT2D eigenvalue weighted by Crippen LogP contribution is -2.06. The smallest absolute Gasteiger partial charge is 0.196 e. The number of rotatable bonds is 2. The van der Waals surface area contributed by atoms with Gasteiger partial charge in [0, 0.05) is 5.56 Å². The van der Waals surface area contributed by atoms with Crippen LogP contribution in [0, 0.1) is 24.4 Å². The number of carbonyl (C=O) groups excluding carboxylic acids is 1. The molecule has 0 unspecified atom stereocenters. The first-order valence-electron chi connectivity index (χ1n) is 5.35. The second kappa shape index (κ2) is 5.05. The van der Waals surface area contributed by atoms with Crippen LogP contribution in [0.2, 0.25) is 5.02 Å². The Bertz CT molecular complexity index is 668. The maximum atomic E-state index is 13.6. The lowest BCUT2D eigenvalue weighted by Gasteiger charge is -2.05. The summed E-state index contributed by atoms with van der Waals surface area (Å²) in [5.74, 6) is -3.23. The topological polar surface area (TPSA) is 17.1 Å². The minimum atomic E-state index is -0.947. The largest absolute Gasteiger partial charge is 0.288 e. The van der Waals surface area contributed by atoms with Crippen molar-refractivity contribution in [1.82, 2.24) is 0 Å². The van der Waals surface area contributed by atoms with E-state index in [1.807, 2.05) is 0 Å². The molecule has 2 rings (SSSR count). The predicted octanol–water partition coefficient (Wildman–Crippen LogP) is 4.30. The van der Waals surface area contributed by atoms with Gasteiger partial charge in [-0.2, -0.15) is 0 Å². The Hall–Kier alpha value is -1.81. The number of ketones is 1. The molecule has 0 amide bonds. The standard InChI is InChI=1S/C14H8ClF3O/c1-7-2-3-8(4-11(7)16)14(19)9-5-13(18)10(15)6-12(9)17/h2-6H,1H3. The number of benzene rings is 2. The summed E-state index contributed by atoms with van der Waals surface area (Å²) in [7, 11) is 0. The van der Waals surface area contributed by atoms with Gasteiger partial charge in [-0.25, -0.2) is 13.2 Å². The van der Waals surface area contributed by atoms with Gasteiger partial charge in [0.15, 0.2) is 5.78 Å². The Morgan fingerprint density at radius 2 is 1.68 bits per heavy atom. The van der Waals surface area contributed by atoms with E-state index in [-0.39, 0.29) is 5.56 Å². The molecular formula is C14H8ClF3O. The van der Waals surface area contributed by atoms with Crippen molar-refractivity contribution >= 4 is 17.4 Å². The van der Waals surface area contributed by atoms with E-state index in [1.54, 1.807) is 0 Å². The van der Waals surface area contributed by atoms with Crippen LogP contribution in [0.4, 0.5) is 13.2 Å². The minimum Gasteiger partial charge on any atom is -0.288 e. The zero-order valence-corrected chi connectivity index (χ0v) is 10.6. The summed E-state index contributed by atoms with van der Waals surface area (Å²) < 4.78 is 40.2. The fourth-order valence-electron chi connectivity index (χ4n) is 1.59. The van der Waals surface area contributed by atoms with E-state index in [1.165, 1.54) is 19.1 Å². The van der Waals surface area contributed by atoms with Gasteiger partial charge in [0.05, 0.1) is 10.6 Å². The molecule has 0 saturated carbocycles. The molecule has 2 aromatic carbocycles. The summed E-state index contributed by atoms with van der Waals surface area (Å²) in [6.45, 7) is 1.53. The second-order valence-corrected chi connectivity index (χ2v) is 4.45. The highest BCUT2D eigenvalue weighted by molar-refractivity contribution is 6.30. The first-order valence-corrected chi connectivity index (χ1v) is 5.73. The summed E-state index contributed by atoms with van der Waals surface area (Å²) in [5, 5.41) is -0.413. The van der Waals surface area contributed by atoms with E-state index < -0.39 is 33.8 Å². The molecule has 2 aromatic rings.